The van der Waals surface area contributed by atoms with Crippen LogP contribution in [0.25, 0.3) is 0 Å². The fourth-order valence-corrected chi connectivity index (χ4v) is 3.02. The summed E-state index contributed by atoms with van der Waals surface area (Å²) in [7, 11) is 0. The van der Waals surface area contributed by atoms with Crippen LogP contribution in [0.1, 0.15) is 66.7 Å². The third kappa shape index (κ3) is 4.55. The van der Waals surface area contributed by atoms with Crippen LogP contribution >= 0.6 is 0 Å². The first-order chi connectivity index (χ1) is 8.53. The van der Waals surface area contributed by atoms with Gasteiger partial charge in [-0.25, -0.2) is 0 Å². The van der Waals surface area contributed by atoms with Crippen molar-refractivity contribution in [2.24, 2.45) is 5.41 Å². The molecule has 0 aromatic heterocycles. The Hall–Kier alpha value is -0.0800. The molecular weight excluding hydrogens is 220 g/mol. The van der Waals surface area contributed by atoms with Crippen LogP contribution in [0.4, 0.5) is 0 Å². The zero-order valence-electron chi connectivity index (χ0n) is 13.3. The highest BCUT2D eigenvalue weighted by molar-refractivity contribution is 4.86. The molecule has 1 aliphatic heterocycles. The summed E-state index contributed by atoms with van der Waals surface area (Å²) in [6.45, 7) is 15.4. The Balaban J connectivity index is 2.59. The van der Waals surface area contributed by atoms with Gasteiger partial charge in [0, 0.05) is 25.2 Å². The Bertz CT molecular complexity index is 221. The van der Waals surface area contributed by atoms with Crippen LogP contribution in [0.3, 0.4) is 0 Å². The molecule has 1 N–H and O–H groups in total. The minimum Gasteiger partial charge on any atom is -0.314 e. The monoisotopic (exact) mass is 254 g/mol. The normalized spacial score (nSPS) is 22.7. The molecule has 0 aliphatic carbocycles. The van der Waals surface area contributed by atoms with Crippen LogP contribution in [0.2, 0.25) is 0 Å². The minimum atomic E-state index is 0.468. The fourth-order valence-electron chi connectivity index (χ4n) is 3.02. The summed E-state index contributed by atoms with van der Waals surface area (Å²) in [5.74, 6) is 0. The van der Waals surface area contributed by atoms with E-state index in [1.807, 2.05) is 0 Å². The number of piperidine rings is 1. The number of nitrogens with zero attached hydrogens (tertiary/aromatic N) is 1. The van der Waals surface area contributed by atoms with E-state index in [0.29, 0.717) is 11.5 Å². The van der Waals surface area contributed by atoms with Crippen LogP contribution in [-0.4, -0.2) is 36.6 Å². The lowest BCUT2D eigenvalue weighted by molar-refractivity contribution is 0.0792. The Labute approximate surface area is 115 Å². The van der Waals surface area contributed by atoms with Gasteiger partial charge in [-0.3, -0.25) is 0 Å². The van der Waals surface area contributed by atoms with Gasteiger partial charge >= 0.3 is 0 Å². The van der Waals surface area contributed by atoms with E-state index in [4.69, 9.17) is 0 Å². The molecule has 2 nitrogen and oxygen atoms in total. The van der Waals surface area contributed by atoms with Gasteiger partial charge in [0.05, 0.1) is 0 Å². The van der Waals surface area contributed by atoms with Crippen molar-refractivity contribution in [3.8, 4) is 0 Å². The third-order valence-corrected chi connectivity index (χ3v) is 4.86. The van der Waals surface area contributed by atoms with Crippen LogP contribution < -0.4 is 5.32 Å². The van der Waals surface area contributed by atoms with Gasteiger partial charge in [0.2, 0.25) is 0 Å². The van der Waals surface area contributed by atoms with E-state index in [1.165, 1.54) is 51.7 Å². The van der Waals surface area contributed by atoms with Gasteiger partial charge in [0.1, 0.15) is 0 Å². The van der Waals surface area contributed by atoms with Crippen molar-refractivity contribution in [2.45, 2.75) is 78.8 Å². The first-order valence-corrected chi connectivity index (χ1v) is 8.00. The molecule has 1 heterocycles. The van der Waals surface area contributed by atoms with Crippen LogP contribution in [0.15, 0.2) is 0 Å². The van der Waals surface area contributed by atoms with Crippen molar-refractivity contribution in [2.75, 3.05) is 19.6 Å². The first-order valence-electron chi connectivity index (χ1n) is 8.00. The summed E-state index contributed by atoms with van der Waals surface area (Å²) in [4.78, 5) is 2.73. The van der Waals surface area contributed by atoms with E-state index in [-0.39, 0.29) is 0 Å². The summed E-state index contributed by atoms with van der Waals surface area (Å²) in [6, 6.07) is 1.39. The van der Waals surface area contributed by atoms with Crippen molar-refractivity contribution in [3.63, 3.8) is 0 Å². The Morgan fingerprint density at radius 3 is 2.39 bits per heavy atom. The Morgan fingerprint density at radius 1 is 1.22 bits per heavy atom. The minimum absolute atomic E-state index is 0.468. The van der Waals surface area contributed by atoms with E-state index in [0.717, 1.165) is 6.04 Å². The molecule has 1 rings (SSSR count). The molecule has 1 aliphatic rings. The molecule has 0 bridgehead atoms. The lowest BCUT2D eigenvalue weighted by Crippen LogP contribution is -2.49. The van der Waals surface area contributed by atoms with Crippen molar-refractivity contribution < 1.29 is 0 Å². The maximum absolute atomic E-state index is 3.67. The number of rotatable bonds is 7. The van der Waals surface area contributed by atoms with Gasteiger partial charge in [0.15, 0.2) is 0 Å². The molecule has 0 aromatic rings. The standard InChI is InChI=1S/C16H34N2/c1-6-16(7-2,12-17-14(3)4)13-18-11-9-8-10-15(18)5/h14-15,17H,6-13H2,1-5H3. The van der Waals surface area contributed by atoms with Gasteiger partial charge in [-0.1, -0.05) is 34.1 Å². The lowest BCUT2D eigenvalue weighted by atomic mass is 9.80. The van der Waals surface area contributed by atoms with Gasteiger partial charge < -0.3 is 10.2 Å². The van der Waals surface area contributed by atoms with Gasteiger partial charge in [-0.2, -0.15) is 0 Å². The predicted octanol–water partition coefficient (Wildman–Crippen LogP) is 3.67. The second kappa shape index (κ2) is 7.49. The molecule has 108 valence electrons. The molecule has 0 amide bonds. The highest BCUT2D eigenvalue weighted by Gasteiger charge is 2.31. The number of nitrogens with one attached hydrogen (secondary N) is 1. The zero-order valence-corrected chi connectivity index (χ0v) is 13.3. The second-order valence-electron chi connectivity index (χ2n) is 6.56. The summed E-state index contributed by atoms with van der Waals surface area (Å²) < 4.78 is 0. The number of hydrogen-bond acceptors (Lipinski definition) is 2. The highest BCUT2D eigenvalue weighted by Crippen LogP contribution is 2.30. The molecule has 0 spiro atoms. The van der Waals surface area contributed by atoms with Crippen molar-refractivity contribution in [1.29, 1.82) is 0 Å². The van der Waals surface area contributed by atoms with Crippen molar-refractivity contribution in [1.82, 2.24) is 10.2 Å². The SMILES string of the molecule is CCC(CC)(CNC(C)C)CN1CCCCC1C. The summed E-state index contributed by atoms with van der Waals surface area (Å²) in [5, 5.41) is 3.67. The molecule has 0 aromatic carbocycles. The molecule has 2 heteroatoms. The van der Waals surface area contributed by atoms with Gasteiger partial charge in [-0.05, 0) is 44.6 Å². The molecule has 1 fully saturated rings. The van der Waals surface area contributed by atoms with Gasteiger partial charge in [-0.15, -0.1) is 0 Å². The van der Waals surface area contributed by atoms with Gasteiger partial charge in [0.25, 0.3) is 0 Å². The summed E-state index contributed by atoms with van der Waals surface area (Å²) in [5.41, 5.74) is 0.468. The molecule has 1 unspecified atom stereocenters. The quantitative estimate of drug-likeness (QED) is 0.746. The Kier molecular flexibility index (Phi) is 6.65. The maximum Gasteiger partial charge on any atom is 0.00671 e. The predicted molar refractivity (Wildman–Crippen MR) is 81.0 cm³/mol. The van der Waals surface area contributed by atoms with Crippen LogP contribution in [0, 0.1) is 5.41 Å². The molecule has 1 saturated heterocycles. The maximum atomic E-state index is 3.67. The van der Waals surface area contributed by atoms with E-state index in [1.54, 1.807) is 0 Å². The average molecular weight is 254 g/mol. The average Bonchev–Trinajstić information content (AvgIpc) is 2.37. The number of likely N-dealkylation sites (tertiary alicyclic amines) is 1. The van der Waals surface area contributed by atoms with E-state index in [9.17, 15) is 0 Å². The topological polar surface area (TPSA) is 15.3 Å². The fraction of sp³-hybridized carbons (Fsp3) is 1.00. The van der Waals surface area contributed by atoms with E-state index in [2.05, 4.69) is 44.8 Å². The molecular formula is C16H34N2. The van der Waals surface area contributed by atoms with Crippen molar-refractivity contribution >= 4 is 0 Å². The summed E-state index contributed by atoms with van der Waals surface area (Å²) >= 11 is 0. The third-order valence-electron chi connectivity index (χ3n) is 4.86. The molecule has 0 saturated carbocycles. The lowest BCUT2D eigenvalue weighted by Gasteiger charge is -2.42. The first kappa shape index (κ1) is 16.0. The van der Waals surface area contributed by atoms with Crippen molar-refractivity contribution in [3.05, 3.63) is 0 Å². The van der Waals surface area contributed by atoms with E-state index < -0.39 is 0 Å². The van der Waals surface area contributed by atoms with Crippen LogP contribution in [-0.2, 0) is 0 Å². The zero-order chi connectivity index (χ0) is 13.6. The molecule has 18 heavy (non-hydrogen) atoms. The molecule has 0 radical (unpaired) electrons. The highest BCUT2D eigenvalue weighted by atomic mass is 15.2. The largest absolute Gasteiger partial charge is 0.314 e. The number of hydrogen-bond donors (Lipinski definition) is 1. The van der Waals surface area contributed by atoms with E-state index >= 15 is 0 Å². The summed E-state index contributed by atoms with van der Waals surface area (Å²) in [6.07, 6.45) is 6.78. The van der Waals surface area contributed by atoms with Crippen LogP contribution in [0.5, 0.6) is 0 Å². The Morgan fingerprint density at radius 2 is 1.89 bits per heavy atom. The smallest absolute Gasteiger partial charge is 0.00671 e. The molecule has 1 atom stereocenters. The second-order valence-corrected chi connectivity index (χ2v) is 6.56.